The van der Waals surface area contributed by atoms with Gasteiger partial charge in [-0.25, -0.2) is 4.98 Å². The maximum absolute atomic E-state index is 11.2. The van der Waals surface area contributed by atoms with Crippen LogP contribution in [0.25, 0.3) is 32.8 Å². The minimum absolute atomic E-state index is 0. The Balaban J connectivity index is 0.00000210. The summed E-state index contributed by atoms with van der Waals surface area (Å²) < 4.78 is 0. The van der Waals surface area contributed by atoms with Crippen LogP contribution in [-0.4, -0.2) is 5.91 Å². The molecule has 4 nitrogen and oxygen atoms in total. The summed E-state index contributed by atoms with van der Waals surface area (Å²) in [5.74, 6) is -0.0695. The Labute approximate surface area is 163 Å². The molecule has 4 aromatic rings. The number of amides is 1. The van der Waals surface area contributed by atoms with Crippen LogP contribution in [0, 0.1) is 6.92 Å². The monoisotopic (exact) mass is 377 g/mol. The van der Waals surface area contributed by atoms with Crippen molar-refractivity contribution in [3.8, 4) is 11.1 Å². The first kappa shape index (κ1) is 18.7. The van der Waals surface area contributed by atoms with Crippen molar-refractivity contribution in [2.45, 2.75) is 13.8 Å². The number of pyridine rings is 1. The largest absolute Gasteiger partial charge is 1.00 e. The zero-order valence-electron chi connectivity index (χ0n) is 15.1. The fourth-order valence-corrected chi connectivity index (χ4v) is 3.51. The predicted octanol–water partition coefficient (Wildman–Crippen LogP) is 1.33. The second-order valence-electron chi connectivity index (χ2n) is 6.55. The number of carbonyl (C=O) groups is 1. The standard InChI is InChI=1S/C22H19N3O.ClH/c1-13-19(15-3-7-18(8-4-15)25-14(2)26)9-5-16-12-24-21-10-6-17(23)11-20(21)22(13)16;/h3-12H,23H2,1-2H3,(H,25,26);1H. The van der Waals surface area contributed by atoms with Gasteiger partial charge in [-0.2, -0.15) is 0 Å². The highest BCUT2D eigenvalue weighted by Crippen LogP contribution is 2.33. The van der Waals surface area contributed by atoms with Crippen molar-refractivity contribution in [2.75, 3.05) is 11.1 Å². The van der Waals surface area contributed by atoms with Crippen LogP contribution in [0.15, 0.2) is 60.8 Å². The van der Waals surface area contributed by atoms with E-state index in [1.807, 2.05) is 48.7 Å². The van der Waals surface area contributed by atoms with E-state index in [-0.39, 0.29) is 18.3 Å². The molecule has 4 rings (SSSR count). The maximum atomic E-state index is 11.2. The number of aromatic amines is 1. The smallest absolute Gasteiger partial charge is 0.221 e. The third-order valence-corrected chi connectivity index (χ3v) is 4.71. The lowest BCUT2D eigenvalue weighted by Crippen LogP contribution is -3.00. The van der Waals surface area contributed by atoms with Gasteiger partial charge in [-0.3, -0.25) is 4.79 Å². The fraction of sp³-hybridized carbons (Fsp3) is 0.0909. The SMILES string of the molecule is CC(=O)Nc1ccc(-c2ccc3c[nH+]c4ccc(N)cc4c3c2C)cc1.[Cl-]. The van der Waals surface area contributed by atoms with Gasteiger partial charge >= 0.3 is 0 Å². The third kappa shape index (κ3) is 3.44. The zero-order chi connectivity index (χ0) is 18.3. The Morgan fingerprint density at radius 3 is 2.48 bits per heavy atom. The molecule has 0 unspecified atom stereocenters. The molecule has 0 aliphatic heterocycles. The average Bonchev–Trinajstić information content (AvgIpc) is 2.62. The van der Waals surface area contributed by atoms with E-state index in [1.54, 1.807) is 0 Å². The van der Waals surface area contributed by atoms with Gasteiger partial charge in [0.15, 0.2) is 6.20 Å². The topological polar surface area (TPSA) is 69.3 Å². The van der Waals surface area contributed by atoms with Crippen molar-refractivity contribution in [3.05, 3.63) is 66.4 Å². The number of benzene rings is 3. The molecule has 136 valence electrons. The first-order valence-corrected chi connectivity index (χ1v) is 8.54. The van der Waals surface area contributed by atoms with E-state index < -0.39 is 0 Å². The molecule has 0 aliphatic carbocycles. The van der Waals surface area contributed by atoms with Gasteiger partial charge in [0.05, 0.1) is 5.39 Å². The second kappa shape index (κ2) is 7.25. The molecule has 1 heterocycles. The molecule has 1 aromatic heterocycles. The van der Waals surface area contributed by atoms with E-state index in [0.717, 1.165) is 33.2 Å². The van der Waals surface area contributed by atoms with Crippen LogP contribution in [0.3, 0.4) is 0 Å². The molecular weight excluding hydrogens is 358 g/mol. The fourth-order valence-electron chi connectivity index (χ4n) is 3.51. The number of hydrogen-bond donors (Lipinski definition) is 2. The Morgan fingerprint density at radius 1 is 1.04 bits per heavy atom. The molecule has 0 spiro atoms. The number of anilines is 2. The van der Waals surface area contributed by atoms with Gasteiger partial charge in [-0.15, -0.1) is 0 Å². The molecule has 0 saturated heterocycles. The van der Waals surface area contributed by atoms with Gasteiger partial charge in [-0.1, -0.05) is 18.2 Å². The number of carbonyl (C=O) groups excluding carboxylic acids is 1. The molecule has 3 aromatic carbocycles. The van der Waals surface area contributed by atoms with E-state index >= 15 is 0 Å². The first-order chi connectivity index (χ1) is 12.5. The summed E-state index contributed by atoms with van der Waals surface area (Å²) in [6, 6.07) is 18.1. The molecule has 27 heavy (non-hydrogen) atoms. The molecule has 0 saturated carbocycles. The van der Waals surface area contributed by atoms with Crippen LogP contribution in [0.4, 0.5) is 11.4 Å². The number of aromatic nitrogens is 1. The minimum Gasteiger partial charge on any atom is -1.00 e. The zero-order valence-corrected chi connectivity index (χ0v) is 15.9. The highest BCUT2D eigenvalue weighted by molar-refractivity contribution is 6.08. The van der Waals surface area contributed by atoms with Crippen molar-refractivity contribution in [1.29, 1.82) is 0 Å². The van der Waals surface area contributed by atoms with Crippen molar-refractivity contribution >= 4 is 39.0 Å². The first-order valence-electron chi connectivity index (χ1n) is 8.54. The molecular formula is C22H20ClN3O. The summed E-state index contributed by atoms with van der Waals surface area (Å²) in [6.07, 6.45) is 2.03. The van der Waals surface area contributed by atoms with E-state index in [0.29, 0.717) is 0 Å². The summed E-state index contributed by atoms with van der Waals surface area (Å²) in [6.45, 7) is 3.65. The number of fused-ring (bicyclic) bond motifs is 3. The number of nitrogens with one attached hydrogen (secondary N) is 2. The summed E-state index contributed by atoms with van der Waals surface area (Å²) in [5.41, 5.74) is 12.1. The molecule has 0 atom stereocenters. The number of H-pyrrole nitrogens is 1. The molecule has 1 amide bonds. The highest BCUT2D eigenvalue weighted by Gasteiger charge is 2.13. The molecule has 0 radical (unpaired) electrons. The van der Waals surface area contributed by atoms with Crippen molar-refractivity contribution in [3.63, 3.8) is 0 Å². The van der Waals surface area contributed by atoms with E-state index in [1.165, 1.54) is 23.4 Å². The number of nitrogens with two attached hydrogens (primary N) is 1. The molecule has 0 aliphatic rings. The van der Waals surface area contributed by atoms with Crippen LogP contribution < -0.4 is 28.4 Å². The molecule has 0 fully saturated rings. The van der Waals surface area contributed by atoms with E-state index in [2.05, 4.69) is 29.4 Å². The maximum Gasteiger partial charge on any atom is 0.221 e. The lowest BCUT2D eigenvalue weighted by Gasteiger charge is -2.11. The van der Waals surface area contributed by atoms with Crippen molar-refractivity contribution in [2.24, 2.45) is 0 Å². The van der Waals surface area contributed by atoms with Crippen LogP contribution >= 0.6 is 0 Å². The van der Waals surface area contributed by atoms with Crippen LogP contribution in [0.2, 0.25) is 0 Å². The van der Waals surface area contributed by atoms with Gasteiger partial charge in [0.1, 0.15) is 0 Å². The van der Waals surface area contributed by atoms with Crippen LogP contribution in [0.5, 0.6) is 0 Å². The Kier molecular flexibility index (Phi) is 5.02. The number of rotatable bonds is 2. The van der Waals surface area contributed by atoms with Gasteiger partial charge in [0.25, 0.3) is 0 Å². The van der Waals surface area contributed by atoms with Crippen LogP contribution in [-0.2, 0) is 4.79 Å². The minimum atomic E-state index is -0.0695. The Morgan fingerprint density at radius 2 is 1.78 bits per heavy atom. The summed E-state index contributed by atoms with van der Waals surface area (Å²) in [7, 11) is 0. The number of hydrogen-bond acceptors (Lipinski definition) is 2. The average molecular weight is 378 g/mol. The lowest BCUT2D eigenvalue weighted by molar-refractivity contribution is -0.342. The van der Waals surface area contributed by atoms with Crippen LogP contribution in [0.1, 0.15) is 12.5 Å². The number of aryl methyl sites for hydroxylation is 1. The highest BCUT2D eigenvalue weighted by atomic mass is 35.5. The van der Waals surface area contributed by atoms with Crippen molar-refractivity contribution in [1.82, 2.24) is 0 Å². The predicted molar refractivity (Wildman–Crippen MR) is 107 cm³/mol. The van der Waals surface area contributed by atoms with E-state index in [9.17, 15) is 4.79 Å². The normalized spacial score (nSPS) is 10.6. The molecule has 0 bridgehead atoms. The van der Waals surface area contributed by atoms with Gasteiger partial charge in [0, 0.05) is 35.1 Å². The van der Waals surface area contributed by atoms with Gasteiger partial charge in [-0.05, 0) is 53.9 Å². The molecule has 4 N–H and O–H groups in total. The summed E-state index contributed by atoms with van der Waals surface area (Å²) in [4.78, 5) is 14.5. The molecule has 5 heteroatoms. The number of halogens is 1. The van der Waals surface area contributed by atoms with Gasteiger partial charge in [0.2, 0.25) is 11.4 Å². The Bertz CT molecular complexity index is 1150. The number of nitrogen functional groups attached to an aromatic ring is 1. The van der Waals surface area contributed by atoms with Crippen molar-refractivity contribution < 1.29 is 22.2 Å². The summed E-state index contributed by atoms with van der Waals surface area (Å²) >= 11 is 0. The third-order valence-electron chi connectivity index (χ3n) is 4.71. The lowest BCUT2D eigenvalue weighted by atomic mass is 9.93. The summed E-state index contributed by atoms with van der Waals surface area (Å²) in [5, 5.41) is 6.28. The second-order valence-corrected chi connectivity index (χ2v) is 6.55. The van der Waals surface area contributed by atoms with E-state index in [4.69, 9.17) is 5.73 Å². The quantitative estimate of drug-likeness (QED) is 0.408. The Hall–Kier alpha value is -3.11. The van der Waals surface area contributed by atoms with Gasteiger partial charge < -0.3 is 23.5 Å².